The highest BCUT2D eigenvalue weighted by Gasteiger charge is 2.43. The predicted octanol–water partition coefficient (Wildman–Crippen LogP) is 1.67. The summed E-state index contributed by atoms with van der Waals surface area (Å²) in [7, 11) is 0. The Hall–Kier alpha value is -3.62. The van der Waals surface area contributed by atoms with E-state index < -0.39 is 11.3 Å². The van der Waals surface area contributed by atoms with Crippen LogP contribution in [0.5, 0.6) is 0 Å². The van der Waals surface area contributed by atoms with Crippen LogP contribution < -0.4 is 11.1 Å². The number of hydrogen-bond acceptors (Lipinski definition) is 7. The molecule has 4 rings (SSSR count). The van der Waals surface area contributed by atoms with Gasteiger partial charge in [0, 0.05) is 18.0 Å². The van der Waals surface area contributed by atoms with Crippen molar-refractivity contribution >= 4 is 17.7 Å². The van der Waals surface area contributed by atoms with Gasteiger partial charge in [-0.15, -0.1) is 5.10 Å². The number of carbonyl (C=O) groups excluding carboxylic acids is 1. The molecule has 5 N–H and O–H groups in total. The second-order valence-electron chi connectivity index (χ2n) is 6.49. The highest BCUT2D eigenvalue weighted by molar-refractivity contribution is 6.07. The first kappa shape index (κ1) is 16.8. The molecular formula is C18H18N8O. The van der Waals surface area contributed by atoms with Gasteiger partial charge in [0.1, 0.15) is 12.2 Å². The molecule has 2 aromatic heterocycles. The van der Waals surface area contributed by atoms with Crippen molar-refractivity contribution in [3.05, 3.63) is 54.4 Å². The van der Waals surface area contributed by atoms with Crippen molar-refractivity contribution in [2.24, 2.45) is 0 Å². The van der Waals surface area contributed by atoms with Crippen molar-refractivity contribution in [3.8, 4) is 11.1 Å². The SMILES string of the molecule is N=C(NC(=O)c1nc[nH]n1)C1(c2ccc(-c3cnc(N)nc3)cc2)CCC1. The third kappa shape index (κ3) is 3.03. The molecule has 1 aliphatic carbocycles. The lowest BCUT2D eigenvalue weighted by Gasteiger charge is -2.42. The molecule has 3 aromatic rings. The molecule has 0 unspecified atom stereocenters. The molecule has 0 spiro atoms. The van der Waals surface area contributed by atoms with Crippen LogP contribution in [0.15, 0.2) is 43.0 Å². The number of amides is 1. The van der Waals surface area contributed by atoms with E-state index in [9.17, 15) is 4.79 Å². The lowest BCUT2D eigenvalue weighted by atomic mass is 9.63. The zero-order valence-corrected chi connectivity index (χ0v) is 14.4. The third-order valence-corrected chi connectivity index (χ3v) is 4.98. The summed E-state index contributed by atoms with van der Waals surface area (Å²) in [6.07, 6.45) is 7.31. The fourth-order valence-corrected chi connectivity index (χ4v) is 3.29. The number of nitrogens with one attached hydrogen (secondary N) is 3. The Morgan fingerprint density at radius 2 is 1.81 bits per heavy atom. The van der Waals surface area contributed by atoms with Crippen molar-refractivity contribution in [1.29, 1.82) is 5.41 Å². The molecule has 2 heterocycles. The summed E-state index contributed by atoms with van der Waals surface area (Å²) >= 11 is 0. The van der Waals surface area contributed by atoms with Crippen LogP contribution in [0.25, 0.3) is 11.1 Å². The number of amidine groups is 1. The van der Waals surface area contributed by atoms with Crippen LogP contribution in [0.4, 0.5) is 5.95 Å². The van der Waals surface area contributed by atoms with Gasteiger partial charge in [-0.05, 0) is 24.0 Å². The predicted molar refractivity (Wildman–Crippen MR) is 99.0 cm³/mol. The minimum atomic E-state index is -0.484. The van der Waals surface area contributed by atoms with Gasteiger partial charge in [0.25, 0.3) is 5.91 Å². The second-order valence-corrected chi connectivity index (χ2v) is 6.49. The second kappa shape index (κ2) is 6.60. The molecule has 1 fully saturated rings. The molecule has 0 radical (unpaired) electrons. The first-order valence-electron chi connectivity index (χ1n) is 8.53. The molecule has 1 amide bonds. The average molecular weight is 362 g/mol. The smallest absolute Gasteiger partial charge is 0.296 e. The topological polar surface area (TPSA) is 146 Å². The number of benzene rings is 1. The average Bonchev–Trinajstić information content (AvgIpc) is 3.17. The number of carbonyl (C=O) groups is 1. The first-order valence-corrected chi connectivity index (χ1v) is 8.53. The number of nitrogens with zero attached hydrogens (tertiary/aromatic N) is 4. The molecule has 27 heavy (non-hydrogen) atoms. The Morgan fingerprint density at radius 3 is 2.37 bits per heavy atom. The van der Waals surface area contributed by atoms with Crippen LogP contribution in [0.1, 0.15) is 35.4 Å². The fourth-order valence-electron chi connectivity index (χ4n) is 3.29. The van der Waals surface area contributed by atoms with Gasteiger partial charge in [0.2, 0.25) is 11.8 Å². The molecule has 0 atom stereocenters. The van der Waals surface area contributed by atoms with Gasteiger partial charge in [-0.3, -0.25) is 15.3 Å². The summed E-state index contributed by atoms with van der Waals surface area (Å²) in [5, 5.41) is 17.4. The van der Waals surface area contributed by atoms with Crippen molar-refractivity contribution < 1.29 is 4.79 Å². The Balaban J connectivity index is 1.55. The van der Waals surface area contributed by atoms with Crippen molar-refractivity contribution in [1.82, 2.24) is 30.5 Å². The molecule has 0 bridgehead atoms. The maximum absolute atomic E-state index is 12.2. The zero-order valence-electron chi connectivity index (χ0n) is 14.4. The fraction of sp³-hybridized carbons (Fsp3) is 0.222. The van der Waals surface area contributed by atoms with Crippen LogP contribution >= 0.6 is 0 Å². The first-order chi connectivity index (χ1) is 13.1. The molecule has 9 heteroatoms. The molecule has 1 aliphatic rings. The number of H-pyrrole nitrogens is 1. The number of nitrogen functional groups attached to an aromatic ring is 1. The van der Waals surface area contributed by atoms with Gasteiger partial charge in [-0.1, -0.05) is 30.7 Å². The largest absolute Gasteiger partial charge is 0.368 e. The van der Waals surface area contributed by atoms with E-state index in [0.29, 0.717) is 0 Å². The molecule has 9 nitrogen and oxygen atoms in total. The summed E-state index contributed by atoms with van der Waals surface area (Å²) < 4.78 is 0. The van der Waals surface area contributed by atoms with Crippen molar-refractivity contribution in [2.75, 3.05) is 5.73 Å². The van der Waals surface area contributed by atoms with E-state index in [1.54, 1.807) is 12.4 Å². The monoisotopic (exact) mass is 362 g/mol. The number of aromatic nitrogens is 5. The maximum Gasteiger partial charge on any atom is 0.296 e. The van der Waals surface area contributed by atoms with Gasteiger partial charge in [-0.2, -0.15) is 0 Å². The van der Waals surface area contributed by atoms with Crippen LogP contribution in [0.3, 0.4) is 0 Å². The van der Waals surface area contributed by atoms with E-state index in [2.05, 4.69) is 30.5 Å². The summed E-state index contributed by atoms with van der Waals surface area (Å²) in [6.45, 7) is 0. The van der Waals surface area contributed by atoms with E-state index in [-0.39, 0.29) is 17.6 Å². The normalized spacial score (nSPS) is 15.0. The number of nitrogens with two attached hydrogens (primary N) is 1. The van der Waals surface area contributed by atoms with Crippen molar-refractivity contribution in [3.63, 3.8) is 0 Å². The quantitative estimate of drug-likeness (QED) is 0.410. The lowest BCUT2D eigenvalue weighted by molar-refractivity contribution is 0.0962. The third-order valence-electron chi connectivity index (χ3n) is 4.98. The van der Waals surface area contributed by atoms with E-state index >= 15 is 0 Å². The molecule has 1 aromatic carbocycles. The molecule has 136 valence electrons. The Bertz CT molecular complexity index is 960. The highest BCUT2D eigenvalue weighted by atomic mass is 16.2. The molecular weight excluding hydrogens is 344 g/mol. The highest BCUT2D eigenvalue weighted by Crippen LogP contribution is 2.44. The van der Waals surface area contributed by atoms with E-state index in [4.69, 9.17) is 11.1 Å². The van der Waals surface area contributed by atoms with Gasteiger partial charge in [0.05, 0.1) is 5.41 Å². The minimum absolute atomic E-state index is 0.0212. The Morgan fingerprint density at radius 1 is 1.11 bits per heavy atom. The number of aromatic amines is 1. The molecule has 1 saturated carbocycles. The van der Waals surface area contributed by atoms with Crippen molar-refractivity contribution in [2.45, 2.75) is 24.7 Å². The summed E-state index contributed by atoms with van der Waals surface area (Å²) in [5.41, 5.74) is 7.87. The summed E-state index contributed by atoms with van der Waals surface area (Å²) in [6, 6.07) is 7.90. The number of rotatable bonds is 4. The van der Waals surface area contributed by atoms with Crippen LogP contribution in [-0.2, 0) is 5.41 Å². The van der Waals surface area contributed by atoms with E-state index in [0.717, 1.165) is 36.0 Å². The summed E-state index contributed by atoms with van der Waals surface area (Å²) in [5.74, 6) is -0.0532. The van der Waals surface area contributed by atoms with Gasteiger partial charge in [0.15, 0.2) is 0 Å². The molecule has 0 saturated heterocycles. The van der Waals surface area contributed by atoms with Gasteiger partial charge >= 0.3 is 0 Å². The maximum atomic E-state index is 12.2. The van der Waals surface area contributed by atoms with Gasteiger partial charge in [-0.25, -0.2) is 15.0 Å². The number of hydrogen-bond donors (Lipinski definition) is 4. The summed E-state index contributed by atoms with van der Waals surface area (Å²) in [4.78, 5) is 24.0. The van der Waals surface area contributed by atoms with Crippen LogP contribution in [0, 0.1) is 5.41 Å². The van der Waals surface area contributed by atoms with Crippen LogP contribution in [0.2, 0.25) is 0 Å². The van der Waals surface area contributed by atoms with Gasteiger partial charge < -0.3 is 11.1 Å². The molecule has 0 aliphatic heterocycles. The number of anilines is 1. The lowest BCUT2D eigenvalue weighted by Crippen LogP contribution is -2.50. The zero-order chi connectivity index (χ0) is 18.9. The Kier molecular flexibility index (Phi) is 4.11. The minimum Gasteiger partial charge on any atom is -0.368 e. The van der Waals surface area contributed by atoms with Crippen LogP contribution in [-0.4, -0.2) is 36.9 Å². The Labute approximate surface area is 155 Å². The standard InChI is InChI=1S/C18H18N8O/c19-16(25-15(27)14-23-10-24-26-14)18(6-1-7-18)13-4-2-11(3-5-13)12-8-21-17(20)22-9-12/h2-5,8-10H,1,6-7H2,(H2,19,25,27)(H2,20,21,22)(H,23,24,26). The van der Waals surface area contributed by atoms with E-state index in [1.165, 1.54) is 6.33 Å². The van der Waals surface area contributed by atoms with E-state index in [1.807, 2.05) is 24.3 Å².